The molecule has 28 heavy (non-hydrogen) atoms. The molecule has 1 aromatic rings. The van der Waals surface area contributed by atoms with Crippen LogP contribution in [0.25, 0.3) is 5.57 Å². The van der Waals surface area contributed by atoms with E-state index < -0.39 is 5.60 Å². The van der Waals surface area contributed by atoms with E-state index in [2.05, 4.69) is 27.6 Å². The normalized spacial score (nSPS) is 24.7. The maximum absolute atomic E-state index is 10.0. The van der Waals surface area contributed by atoms with Gasteiger partial charge in [0.05, 0.1) is 17.5 Å². The van der Waals surface area contributed by atoms with Gasteiger partial charge in [-0.25, -0.2) is 4.31 Å². The summed E-state index contributed by atoms with van der Waals surface area (Å²) in [6.07, 6.45) is 11.0. The number of hydrogen-bond acceptors (Lipinski definition) is 6. The van der Waals surface area contributed by atoms with E-state index >= 15 is 0 Å². The van der Waals surface area contributed by atoms with Gasteiger partial charge in [0, 0.05) is 31.6 Å². The van der Waals surface area contributed by atoms with Gasteiger partial charge in [0.2, 0.25) is 0 Å². The van der Waals surface area contributed by atoms with E-state index in [1.54, 1.807) is 0 Å². The van der Waals surface area contributed by atoms with Crippen LogP contribution in [0, 0.1) is 5.92 Å². The lowest BCUT2D eigenvalue weighted by atomic mass is 9.88. The third-order valence-corrected chi connectivity index (χ3v) is 7.02. The number of likely N-dealkylation sites (tertiary alicyclic amines) is 1. The van der Waals surface area contributed by atoms with E-state index in [1.165, 1.54) is 11.1 Å². The lowest BCUT2D eigenvalue weighted by molar-refractivity contribution is 0.0143. The van der Waals surface area contributed by atoms with Crippen LogP contribution in [0.5, 0.6) is 5.75 Å². The Labute approximate surface area is 173 Å². The summed E-state index contributed by atoms with van der Waals surface area (Å²) in [6, 6.07) is 2.26. The van der Waals surface area contributed by atoms with Crippen LogP contribution in [0.3, 0.4) is 0 Å². The van der Waals surface area contributed by atoms with Crippen molar-refractivity contribution >= 4 is 17.5 Å². The van der Waals surface area contributed by atoms with Gasteiger partial charge in [0.15, 0.2) is 0 Å². The first kappa shape index (κ1) is 20.2. The Kier molecular flexibility index (Phi) is 6.02. The molecule has 3 aliphatic heterocycles. The van der Waals surface area contributed by atoms with Gasteiger partial charge in [-0.1, -0.05) is 18.0 Å². The summed E-state index contributed by atoms with van der Waals surface area (Å²) in [5.41, 5.74) is 3.21. The van der Waals surface area contributed by atoms with Crippen LogP contribution in [0.4, 0.5) is 0 Å². The van der Waals surface area contributed by atoms with E-state index in [0.29, 0.717) is 5.92 Å². The maximum atomic E-state index is 10.0. The van der Waals surface area contributed by atoms with Crippen LogP contribution in [-0.4, -0.2) is 70.0 Å². The molecule has 1 unspecified atom stereocenters. The molecule has 0 spiro atoms. The second kappa shape index (κ2) is 8.34. The fraction of sp³-hybridized carbons (Fsp3) is 0.682. The second-order valence-corrected chi connectivity index (χ2v) is 9.90. The number of piperidine rings is 1. The van der Waals surface area contributed by atoms with Crippen molar-refractivity contribution in [2.45, 2.75) is 51.2 Å². The molecule has 0 saturated carbocycles. The maximum Gasteiger partial charge on any atom is 0.141 e. The summed E-state index contributed by atoms with van der Waals surface area (Å²) >= 11 is 1.81. The molecule has 1 saturated heterocycles. The quantitative estimate of drug-likeness (QED) is 0.762. The summed E-state index contributed by atoms with van der Waals surface area (Å²) in [5.74, 6) is 1.58. The van der Waals surface area contributed by atoms with Gasteiger partial charge in [0.1, 0.15) is 11.9 Å². The third-order valence-electron chi connectivity index (χ3n) is 6.18. The van der Waals surface area contributed by atoms with E-state index in [1.807, 2.05) is 32.0 Å². The highest BCUT2D eigenvalue weighted by molar-refractivity contribution is 7.96. The number of aliphatic hydroxyl groups is 1. The number of aromatic nitrogens is 1. The molecule has 1 atom stereocenters. The van der Waals surface area contributed by atoms with Crippen LogP contribution in [-0.2, 0) is 6.42 Å². The Balaban J connectivity index is 1.35. The van der Waals surface area contributed by atoms with Gasteiger partial charge in [-0.15, -0.1) is 0 Å². The first-order valence-electron chi connectivity index (χ1n) is 10.5. The van der Waals surface area contributed by atoms with Gasteiger partial charge in [-0.3, -0.25) is 4.98 Å². The third kappa shape index (κ3) is 4.73. The molecule has 5 nitrogen and oxygen atoms in total. The molecule has 4 rings (SSSR count). The van der Waals surface area contributed by atoms with Crippen molar-refractivity contribution in [3.8, 4) is 5.75 Å². The predicted octanol–water partition coefficient (Wildman–Crippen LogP) is 3.24. The number of pyridine rings is 1. The number of ether oxygens (including phenoxy) is 1. The molecule has 0 amide bonds. The lowest BCUT2D eigenvalue weighted by Crippen LogP contribution is -2.45. The number of rotatable bonds is 5. The van der Waals surface area contributed by atoms with Gasteiger partial charge >= 0.3 is 0 Å². The highest BCUT2D eigenvalue weighted by atomic mass is 32.2. The van der Waals surface area contributed by atoms with E-state index in [9.17, 15) is 5.11 Å². The van der Waals surface area contributed by atoms with Crippen molar-refractivity contribution in [3.05, 3.63) is 29.6 Å². The molecule has 0 bridgehead atoms. The van der Waals surface area contributed by atoms with Crippen LogP contribution in [0.2, 0.25) is 0 Å². The van der Waals surface area contributed by atoms with E-state index in [0.717, 1.165) is 69.9 Å². The molecule has 0 aromatic carbocycles. The minimum Gasteiger partial charge on any atom is -0.488 e. The van der Waals surface area contributed by atoms with Crippen molar-refractivity contribution < 1.29 is 9.84 Å². The number of nitrogens with zero attached hydrogens (tertiary/aromatic N) is 3. The average Bonchev–Trinajstić information content (AvgIpc) is 3.10. The van der Waals surface area contributed by atoms with Gasteiger partial charge < -0.3 is 14.7 Å². The molecule has 6 heteroatoms. The van der Waals surface area contributed by atoms with Crippen LogP contribution < -0.4 is 4.74 Å². The second-order valence-electron chi connectivity index (χ2n) is 9.01. The Hall–Kier alpha value is -1.08. The van der Waals surface area contributed by atoms with Gasteiger partial charge in [-0.2, -0.15) is 0 Å². The summed E-state index contributed by atoms with van der Waals surface area (Å²) < 4.78 is 8.67. The van der Waals surface area contributed by atoms with Gasteiger partial charge in [0.25, 0.3) is 0 Å². The van der Waals surface area contributed by atoms with E-state index in [-0.39, 0.29) is 6.10 Å². The van der Waals surface area contributed by atoms with Crippen molar-refractivity contribution in [2.75, 3.05) is 39.0 Å². The smallest absolute Gasteiger partial charge is 0.141 e. The number of hydrogen-bond donors (Lipinski definition) is 1. The van der Waals surface area contributed by atoms with E-state index in [4.69, 9.17) is 9.72 Å². The molecule has 0 radical (unpaired) electrons. The van der Waals surface area contributed by atoms with Crippen LogP contribution in [0.1, 0.15) is 44.4 Å². The highest BCUT2D eigenvalue weighted by Crippen LogP contribution is 2.36. The lowest BCUT2D eigenvalue weighted by Gasteiger charge is -2.36. The van der Waals surface area contributed by atoms with Crippen molar-refractivity contribution in [2.24, 2.45) is 5.92 Å². The topological polar surface area (TPSA) is 48.8 Å². The summed E-state index contributed by atoms with van der Waals surface area (Å²) in [6.45, 7) is 8.72. The molecule has 0 aliphatic carbocycles. The van der Waals surface area contributed by atoms with Gasteiger partial charge in [-0.05, 0) is 70.0 Å². The van der Waals surface area contributed by atoms with Crippen LogP contribution in [0.15, 0.2) is 18.3 Å². The number of β-amino-alcohol motifs (C(OH)–C–C–N with tert-alkyl or cyclic N) is 1. The van der Waals surface area contributed by atoms with Crippen molar-refractivity contribution in [1.82, 2.24) is 14.2 Å². The number of fused-ring (bicyclic) bond motifs is 1. The standard InChI is InChI=1S/C22H33N3O2S/c1-22(2,26)15-24-8-4-17(5-9-24)20-13-18-12-19(23-14-21(18)27-20)16-6-10-25(28-3)11-7-16/h6,12,14,17,20,26H,4-5,7-11,13,15H2,1-3H3. The SMILES string of the molecule is CSN1CC=C(c2cc3c(cn2)OC(C2CCN(CC(C)(C)O)CC2)C3)CC1. The zero-order valence-corrected chi connectivity index (χ0v) is 18.2. The first-order chi connectivity index (χ1) is 13.4. The summed E-state index contributed by atoms with van der Waals surface area (Å²) in [7, 11) is 0. The Bertz CT molecular complexity index is 723. The monoisotopic (exact) mass is 403 g/mol. The minimum atomic E-state index is -0.615. The molecule has 4 heterocycles. The van der Waals surface area contributed by atoms with Crippen LogP contribution >= 0.6 is 11.9 Å². The zero-order valence-electron chi connectivity index (χ0n) is 17.4. The minimum absolute atomic E-state index is 0.281. The Morgan fingerprint density at radius 3 is 2.71 bits per heavy atom. The van der Waals surface area contributed by atoms with Crippen molar-refractivity contribution in [1.29, 1.82) is 0 Å². The zero-order chi connectivity index (χ0) is 19.7. The Morgan fingerprint density at radius 2 is 2.07 bits per heavy atom. The summed E-state index contributed by atoms with van der Waals surface area (Å²) in [5, 5.41) is 10.0. The molecular weight excluding hydrogens is 370 g/mol. The molecule has 154 valence electrons. The summed E-state index contributed by atoms with van der Waals surface area (Å²) in [4.78, 5) is 7.08. The predicted molar refractivity (Wildman–Crippen MR) is 116 cm³/mol. The largest absolute Gasteiger partial charge is 0.488 e. The average molecular weight is 404 g/mol. The molecule has 1 aromatic heterocycles. The fourth-order valence-electron chi connectivity index (χ4n) is 4.69. The highest BCUT2D eigenvalue weighted by Gasteiger charge is 2.34. The molecule has 3 aliphatic rings. The fourth-order valence-corrected chi connectivity index (χ4v) is 5.19. The molecule has 1 N–H and O–H groups in total. The Morgan fingerprint density at radius 1 is 1.29 bits per heavy atom. The molecular formula is C22H33N3O2S. The van der Waals surface area contributed by atoms with Crippen molar-refractivity contribution in [3.63, 3.8) is 0 Å². The first-order valence-corrected chi connectivity index (χ1v) is 11.7. The molecule has 1 fully saturated rings.